The smallest absolute Gasteiger partial charge is 0.393 e. The molecule has 3 aromatic heterocycles. The van der Waals surface area contributed by atoms with E-state index in [9.17, 15) is 4.79 Å². The molecule has 0 aromatic carbocycles. The predicted molar refractivity (Wildman–Crippen MR) is 93.3 cm³/mol. The Balaban J connectivity index is 1.53. The summed E-state index contributed by atoms with van der Waals surface area (Å²) in [5.74, 6) is 0.868. The highest BCUT2D eigenvalue weighted by molar-refractivity contribution is 5.71. The van der Waals surface area contributed by atoms with Gasteiger partial charge in [0.15, 0.2) is 0 Å². The lowest BCUT2D eigenvalue weighted by Gasteiger charge is -2.05. The van der Waals surface area contributed by atoms with Crippen LogP contribution in [-0.2, 0) is 6.42 Å². The van der Waals surface area contributed by atoms with E-state index in [4.69, 9.17) is 4.74 Å². The number of H-pyrrole nitrogens is 1. The Labute approximate surface area is 144 Å². The third-order valence-corrected chi connectivity index (χ3v) is 3.44. The van der Waals surface area contributed by atoms with E-state index in [1.807, 2.05) is 12.1 Å². The minimum atomic E-state index is -0.518. The van der Waals surface area contributed by atoms with Gasteiger partial charge in [-0.1, -0.05) is 6.07 Å². The molecule has 25 heavy (non-hydrogen) atoms. The second-order valence-electron chi connectivity index (χ2n) is 5.20. The van der Waals surface area contributed by atoms with E-state index in [1.165, 1.54) is 0 Å². The lowest BCUT2D eigenvalue weighted by molar-refractivity contribution is 0.199. The number of nitrogens with one attached hydrogen (secondary N) is 3. The standard InChI is InChI=1S/C17H18N6O2/c1-18-16-20-8-5-14(23-16)13-9-15(22-11-13)25-17(24)21-7-4-12-3-2-6-19-10-12/h2-3,5-6,8-11,22H,4,7H2,1H3,(H,21,24)(H,18,20,23). The van der Waals surface area contributed by atoms with Crippen LogP contribution in [0.25, 0.3) is 11.3 Å². The second kappa shape index (κ2) is 7.91. The first-order chi connectivity index (χ1) is 12.2. The molecular formula is C17H18N6O2. The summed E-state index contributed by atoms with van der Waals surface area (Å²) in [7, 11) is 1.75. The van der Waals surface area contributed by atoms with Crippen molar-refractivity contribution >= 4 is 12.0 Å². The number of pyridine rings is 1. The van der Waals surface area contributed by atoms with Gasteiger partial charge in [-0.2, -0.15) is 0 Å². The monoisotopic (exact) mass is 338 g/mol. The van der Waals surface area contributed by atoms with Crippen LogP contribution in [0.5, 0.6) is 5.88 Å². The minimum absolute atomic E-state index is 0.346. The van der Waals surface area contributed by atoms with Crippen molar-refractivity contribution in [2.45, 2.75) is 6.42 Å². The van der Waals surface area contributed by atoms with Crippen molar-refractivity contribution < 1.29 is 9.53 Å². The fourth-order valence-corrected chi connectivity index (χ4v) is 2.21. The summed E-state index contributed by atoms with van der Waals surface area (Å²) >= 11 is 0. The number of rotatable bonds is 6. The number of carbonyl (C=O) groups excluding carboxylic acids is 1. The van der Waals surface area contributed by atoms with E-state index in [0.717, 1.165) is 16.8 Å². The molecule has 3 N–H and O–H groups in total. The Bertz CT molecular complexity index is 834. The molecule has 0 fully saturated rings. The largest absolute Gasteiger partial charge is 0.413 e. The molecule has 3 heterocycles. The topological polar surface area (TPSA) is 105 Å². The summed E-state index contributed by atoms with van der Waals surface area (Å²) in [5.41, 5.74) is 2.58. The molecule has 0 radical (unpaired) electrons. The third kappa shape index (κ3) is 4.54. The van der Waals surface area contributed by atoms with E-state index < -0.39 is 6.09 Å². The zero-order chi connectivity index (χ0) is 17.5. The number of aromatic amines is 1. The van der Waals surface area contributed by atoms with Crippen LogP contribution in [0.2, 0.25) is 0 Å². The summed E-state index contributed by atoms with van der Waals surface area (Å²) < 4.78 is 5.23. The maximum Gasteiger partial charge on any atom is 0.413 e. The van der Waals surface area contributed by atoms with Gasteiger partial charge in [0, 0.05) is 50.0 Å². The van der Waals surface area contributed by atoms with Gasteiger partial charge in [-0.15, -0.1) is 0 Å². The Kier molecular flexibility index (Phi) is 5.20. The summed E-state index contributed by atoms with van der Waals surface area (Å²) in [6.45, 7) is 0.468. The molecule has 128 valence electrons. The molecule has 0 saturated heterocycles. The maximum atomic E-state index is 11.8. The molecule has 0 atom stereocenters. The Morgan fingerprint density at radius 2 is 2.24 bits per heavy atom. The average molecular weight is 338 g/mol. The third-order valence-electron chi connectivity index (χ3n) is 3.44. The zero-order valence-electron chi connectivity index (χ0n) is 13.7. The van der Waals surface area contributed by atoms with Crippen LogP contribution in [0.15, 0.2) is 49.1 Å². The summed E-state index contributed by atoms with van der Waals surface area (Å²) in [6.07, 6.45) is 7.03. The van der Waals surface area contributed by atoms with Crippen molar-refractivity contribution in [1.82, 2.24) is 25.3 Å². The van der Waals surface area contributed by atoms with Gasteiger partial charge >= 0.3 is 6.09 Å². The van der Waals surface area contributed by atoms with E-state index in [1.54, 1.807) is 44.0 Å². The van der Waals surface area contributed by atoms with Gasteiger partial charge in [0.2, 0.25) is 11.8 Å². The number of aromatic nitrogens is 4. The molecular weight excluding hydrogens is 320 g/mol. The van der Waals surface area contributed by atoms with Crippen LogP contribution in [-0.4, -0.2) is 39.6 Å². The first kappa shape index (κ1) is 16.4. The predicted octanol–water partition coefficient (Wildman–Crippen LogP) is 2.24. The molecule has 3 aromatic rings. The molecule has 0 unspecified atom stereocenters. The average Bonchev–Trinajstić information content (AvgIpc) is 3.11. The highest BCUT2D eigenvalue weighted by Crippen LogP contribution is 2.22. The van der Waals surface area contributed by atoms with Crippen molar-refractivity contribution in [3.63, 3.8) is 0 Å². The highest BCUT2D eigenvalue weighted by atomic mass is 16.6. The lowest BCUT2D eigenvalue weighted by atomic mass is 10.2. The number of amides is 1. The molecule has 0 bridgehead atoms. The Morgan fingerprint density at radius 1 is 1.32 bits per heavy atom. The fraction of sp³-hybridized carbons (Fsp3) is 0.176. The van der Waals surface area contributed by atoms with Crippen LogP contribution in [0.3, 0.4) is 0 Å². The van der Waals surface area contributed by atoms with E-state index >= 15 is 0 Å². The van der Waals surface area contributed by atoms with Gasteiger partial charge in [-0.25, -0.2) is 14.8 Å². The summed E-state index contributed by atoms with van der Waals surface area (Å²) in [4.78, 5) is 27.2. The zero-order valence-corrected chi connectivity index (χ0v) is 13.7. The molecule has 8 nitrogen and oxygen atoms in total. The van der Waals surface area contributed by atoms with Crippen LogP contribution >= 0.6 is 0 Å². The van der Waals surface area contributed by atoms with Crippen molar-refractivity contribution in [3.05, 3.63) is 54.6 Å². The van der Waals surface area contributed by atoms with Crippen molar-refractivity contribution in [2.75, 3.05) is 18.9 Å². The number of carbonyl (C=O) groups is 1. The van der Waals surface area contributed by atoms with Crippen molar-refractivity contribution in [2.24, 2.45) is 0 Å². The van der Waals surface area contributed by atoms with E-state index in [2.05, 4.69) is 30.6 Å². The van der Waals surface area contributed by atoms with Gasteiger partial charge < -0.3 is 20.4 Å². The molecule has 0 spiro atoms. The van der Waals surface area contributed by atoms with Gasteiger partial charge in [0.25, 0.3) is 0 Å². The molecule has 0 aliphatic carbocycles. The Hall–Kier alpha value is -3.42. The number of ether oxygens (including phenoxy) is 1. The first-order valence-corrected chi connectivity index (χ1v) is 7.79. The van der Waals surface area contributed by atoms with Gasteiger partial charge in [0.05, 0.1) is 5.69 Å². The van der Waals surface area contributed by atoms with Gasteiger partial charge in [-0.05, 0) is 24.1 Å². The van der Waals surface area contributed by atoms with Crippen molar-refractivity contribution in [1.29, 1.82) is 0 Å². The normalized spacial score (nSPS) is 10.3. The van der Waals surface area contributed by atoms with Crippen molar-refractivity contribution in [3.8, 4) is 17.1 Å². The first-order valence-electron chi connectivity index (χ1n) is 7.79. The van der Waals surface area contributed by atoms with E-state index in [0.29, 0.717) is 24.8 Å². The Morgan fingerprint density at radius 3 is 3.04 bits per heavy atom. The number of nitrogens with zero attached hydrogens (tertiary/aromatic N) is 3. The number of anilines is 1. The minimum Gasteiger partial charge on any atom is -0.393 e. The van der Waals surface area contributed by atoms with Crippen LogP contribution < -0.4 is 15.4 Å². The molecule has 3 rings (SSSR count). The molecule has 0 aliphatic heterocycles. The second-order valence-corrected chi connectivity index (χ2v) is 5.20. The summed E-state index contributed by atoms with van der Waals surface area (Å²) in [6, 6.07) is 7.31. The molecule has 8 heteroatoms. The van der Waals surface area contributed by atoms with Crippen LogP contribution in [0.4, 0.5) is 10.7 Å². The maximum absolute atomic E-state index is 11.8. The summed E-state index contributed by atoms with van der Waals surface area (Å²) in [5, 5.41) is 5.58. The van der Waals surface area contributed by atoms with Crippen LogP contribution in [0, 0.1) is 0 Å². The van der Waals surface area contributed by atoms with E-state index in [-0.39, 0.29) is 0 Å². The molecule has 0 saturated carbocycles. The fourth-order valence-electron chi connectivity index (χ4n) is 2.21. The van der Waals surface area contributed by atoms with Crippen LogP contribution in [0.1, 0.15) is 5.56 Å². The highest BCUT2D eigenvalue weighted by Gasteiger charge is 2.09. The number of hydrogen-bond donors (Lipinski definition) is 3. The lowest BCUT2D eigenvalue weighted by Crippen LogP contribution is -2.28. The number of hydrogen-bond acceptors (Lipinski definition) is 6. The molecule has 1 amide bonds. The van der Waals surface area contributed by atoms with Gasteiger partial charge in [0.1, 0.15) is 0 Å². The SMILES string of the molecule is CNc1nccc(-c2c[nH]c(OC(=O)NCCc3cccnc3)c2)n1. The molecule has 0 aliphatic rings. The quantitative estimate of drug-likeness (QED) is 0.637. The van der Waals surface area contributed by atoms with Gasteiger partial charge in [-0.3, -0.25) is 4.98 Å².